The normalized spacial score (nSPS) is 17.5. The van der Waals surface area contributed by atoms with Gasteiger partial charge in [-0.05, 0) is 56.8 Å². The maximum atomic E-state index is 10.8. The number of guanidine groups is 1. The van der Waals surface area contributed by atoms with Gasteiger partial charge in [0.25, 0.3) is 0 Å². The summed E-state index contributed by atoms with van der Waals surface area (Å²) in [6.07, 6.45) is 6.12. The molecular formula is C24H39IN6O. The Morgan fingerprint density at radius 1 is 1.25 bits per heavy atom. The lowest BCUT2D eigenvalue weighted by Crippen LogP contribution is -2.44. The zero-order valence-corrected chi connectivity index (χ0v) is 22.2. The summed E-state index contributed by atoms with van der Waals surface area (Å²) in [5.41, 5.74) is 2.29. The third kappa shape index (κ3) is 8.04. The van der Waals surface area contributed by atoms with Gasteiger partial charge in [-0.15, -0.1) is 24.0 Å². The van der Waals surface area contributed by atoms with E-state index in [0.717, 1.165) is 24.6 Å². The number of aryl methyl sites for hydroxylation is 1. The number of halogens is 1. The molecule has 0 radical (unpaired) electrons. The van der Waals surface area contributed by atoms with Crippen LogP contribution in [0.5, 0.6) is 0 Å². The number of aromatic nitrogens is 2. The summed E-state index contributed by atoms with van der Waals surface area (Å²) < 4.78 is 1.69. The van der Waals surface area contributed by atoms with Gasteiger partial charge in [0.05, 0.1) is 19.3 Å². The number of aliphatic imine (C=N–C) groups is 1. The third-order valence-electron chi connectivity index (χ3n) is 5.96. The van der Waals surface area contributed by atoms with Gasteiger partial charge in [0.15, 0.2) is 5.96 Å². The molecule has 3 rings (SSSR count). The zero-order valence-electron chi connectivity index (χ0n) is 19.8. The molecule has 0 spiro atoms. The number of likely N-dealkylation sites (tertiary alicyclic amines) is 1. The van der Waals surface area contributed by atoms with Crippen LogP contribution in [0.2, 0.25) is 0 Å². The first-order valence-electron chi connectivity index (χ1n) is 11.4. The van der Waals surface area contributed by atoms with E-state index in [1.54, 1.807) is 17.8 Å². The average Bonchev–Trinajstić information content (AvgIpc) is 3.19. The van der Waals surface area contributed by atoms with E-state index in [1.165, 1.54) is 37.1 Å². The van der Waals surface area contributed by atoms with Crippen molar-refractivity contribution in [3.63, 3.8) is 0 Å². The van der Waals surface area contributed by atoms with E-state index < -0.39 is 5.60 Å². The molecule has 2 heterocycles. The maximum absolute atomic E-state index is 10.8. The van der Waals surface area contributed by atoms with Crippen molar-refractivity contribution in [2.75, 3.05) is 26.2 Å². The molecule has 1 unspecified atom stereocenters. The van der Waals surface area contributed by atoms with Crippen molar-refractivity contribution in [1.82, 2.24) is 25.3 Å². The molecule has 1 atom stereocenters. The molecule has 178 valence electrons. The number of aliphatic hydroxyl groups is 1. The van der Waals surface area contributed by atoms with Crippen molar-refractivity contribution >= 4 is 29.9 Å². The van der Waals surface area contributed by atoms with Gasteiger partial charge in [0.1, 0.15) is 5.60 Å². The molecule has 1 saturated heterocycles. The van der Waals surface area contributed by atoms with Crippen LogP contribution in [-0.2, 0) is 25.7 Å². The van der Waals surface area contributed by atoms with Crippen molar-refractivity contribution in [3.05, 3.63) is 53.3 Å². The quantitative estimate of drug-likeness (QED) is 0.266. The number of nitrogens with zero attached hydrogens (tertiary/aromatic N) is 4. The molecule has 3 N–H and O–H groups in total. The highest BCUT2D eigenvalue weighted by molar-refractivity contribution is 14.0. The lowest BCUT2D eigenvalue weighted by molar-refractivity contribution is 0.0616. The van der Waals surface area contributed by atoms with Crippen molar-refractivity contribution in [1.29, 1.82) is 0 Å². The Bertz CT molecular complexity index is 858. The van der Waals surface area contributed by atoms with E-state index >= 15 is 0 Å². The zero-order chi connectivity index (χ0) is 22.3. The molecule has 0 bridgehead atoms. The molecule has 32 heavy (non-hydrogen) atoms. The topological polar surface area (TPSA) is 77.7 Å². The van der Waals surface area contributed by atoms with Gasteiger partial charge in [-0.3, -0.25) is 9.58 Å². The second kappa shape index (κ2) is 12.6. The number of piperidine rings is 1. The average molecular weight is 555 g/mol. The van der Waals surface area contributed by atoms with Crippen molar-refractivity contribution in [2.24, 2.45) is 18.0 Å². The van der Waals surface area contributed by atoms with Gasteiger partial charge < -0.3 is 15.7 Å². The van der Waals surface area contributed by atoms with Crippen molar-refractivity contribution in [2.45, 2.75) is 52.3 Å². The van der Waals surface area contributed by atoms with E-state index in [2.05, 4.69) is 51.8 Å². The molecule has 8 heteroatoms. The predicted molar refractivity (Wildman–Crippen MR) is 141 cm³/mol. The minimum absolute atomic E-state index is 0. The summed E-state index contributed by atoms with van der Waals surface area (Å²) in [7, 11) is 1.85. The Kier molecular flexibility index (Phi) is 10.4. The van der Waals surface area contributed by atoms with Crippen molar-refractivity contribution in [3.8, 4) is 0 Å². The standard InChI is InChI=1S/C24H38N6O.HI/c1-5-25-23(27-18-24(3,31)22-15-28-29(4)17-22)26-14-20-7-6-8-21(13-20)16-30-11-9-19(2)10-12-30;/h6-8,13,15,17,19,31H,5,9-12,14,16,18H2,1-4H3,(H2,25,26,27);1H. The minimum atomic E-state index is -1.03. The Balaban J connectivity index is 0.00000363. The summed E-state index contributed by atoms with van der Waals surface area (Å²) in [5, 5.41) is 21.5. The first kappa shape index (κ1) is 26.6. The van der Waals surface area contributed by atoms with E-state index in [-0.39, 0.29) is 24.0 Å². The molecule has 1 aromatic carbocycles. The molecule has 1 aromatic heterocycles. The highest BCUT2D eigenvalue weighted by Crippen LogP contribution is 2.19. The first-order chi connectivity index (χ1) is 14.9. The number of hydrogen-bond donors (Lipinski definition) is 3. The molecule has 2 aromatic rings. The fraction of sp³-hybridized carbons (Fsp3) is 0.583. The molecule has 0 amide bonds. The maximum Gasteiger partial charge on any atom is 0.191 e. The summed E-state index contributed by atoms with van der Waals surface area (Å²) >= 11 is 0. The van der Waals surface area contributed by atoms with Crippen LogP contribution in [0.15, 0.2) is 41.7 Å². The summed E-state index contributed by atoms with van der Waals surface area (Å²) in [5.74, 6) is 1.55. The number of rotatable bonds is 8. The third-order valence-corrected chi connectivity index (χ3v) is 5.96. The SMILES string of the molecule is CCNC(=NCc1cccc(CN2CCC(C)CC2)c1)NCC(C)(O)c1cnn(C)c1.I. The van der Waals surface area contributed by atoms with E-state index in [4.69, 9.17) is 4.99 Å². The van der Waals surface area contributed by atoms with Crippen LogP contribution in [0.3, 0.4) is 0 Å². The fourth-order valence-electron chi connectivity index (χ4n) is 3.87. The van der Waals surface area contributed by atoms with Gasteiger partial charge in [0.2, 0.25) is 0 Å². The Morgan fingerprint density at radius 2 is 1.97 bits per heavy atom. The molecular weight excluding hydrogens is 515 g/mol. The summed E-state index contributed by atoms with van der Waals surface area (Å²) in [6.45, 7) is 11.3. The largest absolute Gasteiger partial charge is 0.383 e. The number of benzene rings is 1. The van der Waals surface area contributed by atoms with E-state index in [1.807, 2.05) is 20.2 Å². The Morgan fingerprint density at radius 3 is 2.62 bits per heavy atom. The minimum Gasteiger partial charge on any atom is -0.383 e. The smallest absolute Gasteiger partial charge is 0.191 e. The monoisotopic (exact) mass is 554 g/mol. The molecule has 0 saturated carbocycles. The summed E-state index contributed by atoms with van der Waals surface area (Å²) in [4.78, 5) is 7.28. The van der Waals surface area contributed by atoms with E-state index in [9.17, 15) is 5.11 Å². The number of nitrogens with one attached hydrogen (secondary N) is 2. The lowest BCUT2D eigenvalue weighted by Gasteiger charge is -2.30. The first-order valence-corrected chi connectivity index (χ1v) is 11.4. The van der Waals surface area contributed by atoms with Gasteiger partial charge in [-0.2, -0.15) is 5.10 Å². The van der Waals surface area contributed by atoms with Gasteiger partial charge in [-0.1, -0.05) is 31.2 Å². The van der Waals surface area contributed by atoms with Crippen molar-refractivity contribution < 1.29 is 5.11 Å². The molecule has 0 aliphatic carbocycles. The predicted octanol–water partition coefficient (Wildman–Crippen LogP) is 3.23. The van der Waals surface area contributed by atoms with Crippen LogP contribution in [0, 0.1) is 5.92 Å². The molecule has 1 aliphatic heterocycles. The molecule has 1 fully saturated rings. The highest BCUT2D eigenvalue weighted by Gasteiger charge is 2.25. The van der Waals surface area contributed by atoms with Crippen LogP contribution < -0.4 is 10.6 Å². The van der Waals surface area contributed by atoms with Crippen LogP contribution in [0.4, 0.5) is 0 Å². The Hall–Kier alpha value is -1.65. The van der Waals surface area contributed by atoms with Crippen LogP contribution in [0.25, 0.3) is 0 Å². The van der Waals surface area contributed by atoms with Crippen LogP contribution >= 0.6 is 24.0 Å². The van der Waals surface area contributed by atoms with Crippen LogP contribution in [-0.4, -0.2) is 51.9 Å². The fourth-order valence-corrected chi connectivity index (χ4v) is 3.87. The summed E-state index contributed by atoms with van der Waals surface area (Å²) in [6, 6.07) is 8.72. The van der Waals surface area contributed by atoms with Gasteiger partial charge >= 0.3 is 0 Å². The van der Waals surface area contributed by atoms with Gasteiger partial charge in [-0.25, -0.2) is 4.99 Å². The van der Waals surface area contributed by atoms with Gasteiger partial charge in [0, 0.05) is 31.9 Å². The number of hydrogen-bond acceptors (Lipinski definition) is 4. The molecule has 1 aliphatic rings. The Labute approximate surface area is 209 Å². The second-order valence-electron chi connectivity index (χ2n) is 9.00. The second-order valence-corrected chi connectivity index (χ2v) is 9.00. The van der Waals surface area contributed by atoms with E-state index in [0.29, 0.717) is 19.0 Å². The molecule has 7 nitrogen and oxygen atoms in total. The highest BCUT2D eigenvalue weighted by atomic mass is 127. The lowest BCUT2D eigenvalue weighted by atomic mass is 9.98. The van der Waals surface area contributed by atoms with Crippen LogP contribution in [0.1, 0.15) is 50.3 Å².